The molecule has 2 amide bonds. The van der Waals surface area contributed by atoms with Crippen LogP contribution in [0.3, 0.4) is 0 Å². The van der Waals surface area contributed by atoms with E-state index in [1.165, 1.54) is 9.91 Å². The number of benzene rings is 2. The number of hydrazone groups is 1. The van der Waals surface area contributed by atoms with Crippen LogP contribution in [0.25, 0.3) is 0 Å². The standard InChI is InChI=1S/C28H31N3O6S/c1-34-14-13-30(28(33)19-7-9-20(35-2)10-8-19)18-27(32)31-24(17-23(29-31)26-6-5-15-38-26)22-16-21(36-3)11-12-25(22)37-4/h5-12,15-16,24H,13-14,17-18H2,1-4H3/t24-/m1/s1. The van der Waals surface area contributed by atoms with E-state index in [0.717, 1.165) is 16.2 Å². The Labute approximate surface area is 226 Å². The summed E-state index contributed by atoms with van der Waals surface area (Å²) in [6.07, 6.45) is 0.500. The molecule has 38 heavy (non-hydrogen) atoms. The van der Waals surface area contributed by atoms with Crippen molar-refractivity contribution in [3.8, 4) is 17.2 Å². The maximum absolute atomic E-state index is 13.8. The van der Waals surface area contributed by atoms with E-state index in [0.29, 0.717) is 29.2 Å². The smallest absolute Gasteiger partial charge is 0.262 e. The van der Waals surface area contributed by atoms with Gasteiger partial charge < -0.3 is 23.8 Å². The van der Waals surface area contributed by atoms with Gasteiger partial charge in [-0.1, -0.05) is 6.07 Å². The van der Waals surface area contributed by atoms with Crippen LogP contribution < -0.4 is 14.2 Å². The molecule has 0 unspecified atom stereocenters. The molecule has 2 heterocycles. The van der Waals surface area contributed by atoms with Crippen LogP contribution in [0.1, 0.15) is 33.3 Å². The Balaban J connectivity index is 1.65. The van der Waals surface area contributed by atoms with Gasteiger partial charge in [-0.05, 0) is 53.9 Å². The number of methoxy groups -OCH3 is 4. The van der Waals surface area contributed by atoms with Crippen molar-refractivity contribution in [2.45, 2.75) is 12.5 Å². The normalized spacial score (nSPS) is 14.7. The van der Waals surface area contributed by atoms with Gasteiger partial charge >= 0.3 is 0 Å². The van der Waals surface area contributed by atoms with Crippen molar-refractivity contribution in [1.29, 1.82) is 0 Å². The van der Waals surface area contributed by atoms with Gasteiger partial charge in [-0.3, -0.25) is 9.59 Å². The minimum Gasteiger partial charge on any atom is -0.497 e. The van der Waals surface area contributed by atoms with Crippen LogP contribution in [0.4, 0.5) is 0 Å². The first-order valence-electron chi connectivity index (χ1n) is 12.1. The lowest BCUT2D eigenvalue weighted by molar-refractivity contribution is -0.133. The molecule has 4 rings (SSSR count). The Bertz CT molecular complexity index is 1280. The first kappa shape index (κ1) is 27.2. The third kappa shape index (κ3) is 5.98. The van der Waals surface area contributed by atoms with E-state index in [9.17, 15) is 9.59 Å². The van der Waals surface area contributed by atoms with Crippen molar-refractivity contribution in [1.82, 2.24) is 9.91 Å². The molecule has 0 saturated heterocycles. The number of hydrogen-bond donors (Lipinski definition) is 0. The molecule has 0 aliphatic carbocycles. The molecule has 1 aliphatic rings. The summed E-state index contributed by atoms with van der Waals surface area (Å²) in [6.45, 7) is 0.361. The first-order chi connectivity index (χ1) is 18.5. The molecule has 10 heteroatoms. The predicted octanol–water partition coefficient (Wildman–Crippen LogP) is 4.24. The molecule has 0 fully saturated rings. The van der Waals surface area contributed by atoms with Crippen molar-refractivity contribution < 1.29 is 28.5 Å². The van der Waals surface area contributed by atoms with E-state index in [-0.39, 0.29) is 31.5 Å². The fourth-order valence-corrected chi connectivity index (χ4v) is 5.00. The Kier molecular flexibility index (Phi) is 8.98. The highest BCUT2D eigenvalue weighted by Crippen LogP contribution is 2.39. The molecule has 0 spiro atoms. The SMILES string of the molecule is COCCN(CC(=O)N1N=C(c2cccs2)C[C@@H]1c1cc(OC)ccc1OC)C(=O)c1ccc(OC)cc1. The van der Waals surface area contributed by atoms with Gasteiger partial charge in [0.05, 0.1) is 44.6 Å². The largest absolute Gasteiger partial charge is 0.497 e. The molecule has 200 valence electrons. The summed E-state index contributed by atoms with van der Waals surface area (Å²) in [5, 5.41) is 8.18. The van der Waals surface area contributed by atoms with E-state index >= 15 is 0 Å². The van der Waals surface area contributed by atoms with E-state index < -0.39 is 6.04 Å². The average molecular weight is 538 g/mol. The third-order valence-electron chi connectivity index (χ3n) is 6.28. The van der Waals surface area contributed by atoms with Gasteiger partial charge in [0, 0.05) is 31.2 Å². The number of amides is 2. The van der Waals surface area contributed by atoms with Crippen molar-refractivity contribution in [2.75, 3.05) is 48.1 Å². The van der Waals surface area contributed by atoms with Crippen molar-refractivity contribution in [3.05, 3.63) is 76.0 Å². The predicted molar refractivity (Wildman–Crippen MR) is 145 cm³/mol. The zero-order valence-corrected chi connectivity index (χ0v) is 22.7. The second-order valence-corrected chi connectivity index (χ2v) is 9.49. The summed E-state index contributed by atoms with van der Waals surface area (Å²) in [7, 11) is 6.30. The molecule has 1 aromatic heterocycles. The molecule has 3 aromatic rings. The third-order valence-corrected chi connectivity index (χ3v) is 7.20. The molecular weight excluding hydrogens is 506 g/mol. The lowest BCUT2D eigenvalue weighted by Gasteiger charge is -2.28. The van der Waals surface area contributed by atoms with Gasteiger partial charge in [-0.25, -0.2) is 5.01 Å². The number of hydrogen-bond acceptors (Lipinski definition) is 8. The zero-order valence-electron chi connectivity index (χ0n) is 21.9. The maximum atomic E-state index is 13.8. The highest BCUT2D eigenvalue weighted by atomic mass is 32.1. The summed E-state index contributed by atoms with van der Waals surface area (Å²) in [5.41, 5.74) is 2.03. The van der Waals surface area contributed by atoms with Gasteiger partial charge in [0.25, 0.3) is 11.8 Å². The molecule has 0 N–H and O–H groups in total. The fraction of sp³-hybridized carbons (Fsp3) is 0.321. The number of carbonyl (C=O) groups excluding carboxylic acids is 2. The van der Waals surface area contributed by atoms with Crippen LogP contribution in [0, 0.1) is 0 Å². The number of ether oxygens (including phenoxy) is 4. The minimum atomic E-state index is -0.426. The molecule has 0 bridgehead atoms. The van der Waals surface area contributed by atoms with Crippen LogP contribution in [0.15, 0.2) is 65.1 Å². The lowest BCUT2D eigenvalue weighted by atomic mass is 9.99. The van der Waals surface area contributed by atoms with Gasteiger partial charge in [0.1, 0.15) is 23.8 Å². The minimum absolute atomic E-state index is 0.168. The van der Waals surface area contributed by atoms with Crippen LogP contribution >= 0.6 is 11.3 Å². The summed E-state index contributed by atoms with van der Waals surface area (Å²) in [5.74, 6) is 1.32. The van der Waals surface area contributed by atoms with E-state index in [4.69, 9.17) is 24.0 Å². The van der Waals surface area contributed by atoms with E-state index in [1.54, 1.807) is 64.0 Å². The van der Waals surface area contributed by atoms with Crippen molar-refractivity contribution >= 4 is 28.9 Å². The van der Waals surface area contributed by atoms with Crippen LogP contribution in [0.5, 0.6) is 17.2 Å². The fourth-order valence-electron chi connectivity index (χ4n) is 4.28. The van der Waals surface area contributed by atoms with Crippen molar-refractivity contribution in [2.24, 2.45) is 5.10 Å². The summed E-state index contributed by atoms with van der Waals surface area (Å²) < 4.78 is 21.5. The highest BCUT2D eigenvalue weighted by Gasteiger charge is 2.36. The quantitative estimate of drug-likeness (QED) is 0.364. The van der Waals surface area contributed by atoms with Crippen LogP contribution in [0.2, 0.25) is 0 Å². The van der Waals surface area contributed by atoms with Gasteiger partial charge in [-0.15, -0.1) is 11.3 Å². The Morgan fingerprint density at radius 2 is 1.74 bits per heavy atom. The van der Waals surface area contributed by atoms with Gasteiger partial charge in [0.2, 0.25) is 0 Å². The number of carbonyl (C=O) groups is 2. The van der Waals surface area contributed by atoms with Crippen LogP contribution in [-0.4, -0.2) is 75.6 Å². The molecule has 9 nitrogen and oxygen atoms in total. The molecule has 0 radical (unpaired) electrons. The topological polar surface area (TPSA) is 89.9 Å². The second kappa shape index (κ2) is 12.6. The van der Waals surface area contributed by atoms with Crippen molar-refractivity contribution in [3.63, 3.8) is 0 Å². The molecule has 1 atom stereocenters. The Morgan fingerprint density at radius 1 is 1.00 bits per heavy atom. The van der Waals surface area contributed by atoms with Gasteiger partial charge in [0.15, 0.2) is 0 Å². The first-order valence-corrected chi connectivity index (χ1v) is 12.9. The Morgan fingerprint density at radius 3 is 2.37 bits per heavy atom. The zero-order chi connectivity index (χ0) is 27.1. The molecule has 2 aromatic carbocycles. The molecule has 1 aliphatic heterocycles. The molecular formula is C28H31N3O6S. The summed E-state index contributed by atoms with van der Waals surface area (Å²) in [6, 6.07) is 15.8. The van der Waals surface area contributed by atoms with Gasteiger partial charge in [-0.2, -0.15) is 5.10 Å². The Hall–Kier alpha value is -3.89. The number of rotatable bonds is 11. The highest BCUT2D eigenvalue weighted by molar-refractivity contribution is 7.12. The average Bonchev–Trinajstić information content (AvgIpc) is 3.65. The van der Waals surface area contributed by atoms with E-state index in [2.05, 4.69) is 0 Å². The summed E-state index contributed by atoms with van der Waals surface area (Å²) in [4.78, 5) is 29.6. The number of thiophene rings is 1. The lowest BCUT2D eigenvalue weighted by Crippen LogP contribution is -2.42. The molecule has 0 saturated carbocycles. The van der Waals surface area contributed by atoms with E-state index in [1.807, 2.05) is 35.7 Å². The second-order valence-electron chi connectivity index (χ2n) is 8.54. The number of nitrogens with zero attached hydrogens (tertiary/aromatic N) is 3. The van der Waals surface area contributed by atoms with Crippen LogP contribution in [-0.2, 0) is 9.53 Å². The monoisotopic (exact) mass is 537 g/mol. The summed E-state index contributed by atoms with van der Waals surface area (Å²) >= 11 is 1.56. The maximum Gasteiger partial charge on any atom is 0.262 e.